The summed E-state index contributed by atoms with van der Waals surface area (Å²) in [5.41, 5.74) is 1.49. The molecule has 0 aliphatic heterocycles. The Labute approximate surface area is 227 Å². The van der Waals surface area contributed by atoms with E-state index < -0.39 is 45.4 Å². The molecule has 0 aliphatic carbocycles. The Morgan fingerprint density at radius 1 is 0.526 bits per heavy atom. The molecule has 0 saturated carbocycles. The van der Waals surface area contributed by atoms with Crippen LogP contribution in [0.5, 0.6) is 11.5 Å². The van der Waals surface area contributed by atoms with E-state index in [1.807, 2.05) is 83.1 Å². The Bertz CT molecular complexity index is 1060. The highest BCUT2D eigenvalue weighted by Crippen LogP contribution is 2.47. The lowest BCUT2D eigenvalue weighted by Gasteiger charge is -2.33. The number of benzene rings is 2. The third-order valence-corrected chi connectivity index (χ3v) is 7.08. The van der Waals surface area contributed by atoms with Crippen molar-refractivity contribution in [3.63, 3.8) is 0 Å². The molecule has 0 bridgehead atoms. The molecule has 0 fully saturated rings. The first-order valence-electron chi connectivity index (χ1n) is 13.1. The van der Waals surface area contributed by atoms with E-state index in [-0.39, 0.29) is 11.5 Å². The zero-order valence-corrected chi connectivity index (χ0v) is 25.1. The molecule has 0 unspecified atom stereocenters. The van der Waals surface area contributed by atoms with E-state index in [2.05, 4.69) is 0 Å². The second kappa shape index (κ2) is 9.94. The molecule has 0 atom stereocenters. The lowest BCUT2D eigenvalue weighted by atomic mass is 9.71. The van der Waals surface area contributed by atoms with Gasteiger partial charge in [-0.15, -0.1) is 0 Å². The number of aliphatic carboxylic acids is 2. The fraction of sp³-hybridized carbons (Fsp3) is 0.562. The van der Waals surface area contributed by atoms with Gasteiger partial charge < -0.3 is 20.4 Å². The molecule has 0 aromatic heterocycles. The molecule has 2 aromatic carbocycles. The van der Waals surface area contributed by atoms with Gasteiger partial charge in [0.1, 0.15) is 11.5 Å². The monoisotopic (exact) mass is 526 g/mol. The van der Waals surface area contributed by atoms with Crippen LogP contribution < -0.4 is 0 Å². The number of carboxylic acid groups (broad SMARTS) is 2. The van der Waals surface area contributed by atoms with Crippen molar-refractivity contribution in [2.75, 3.05) is 0 Å². The van der Waals surface area contributed by atoms with Gasteiger partial charge in [0.15, 0.2) is 5.92 Å². The Morgan fingerprint density at radius 2 is 0.737 bits per heavy atom. The summed E-state index contributed by atoms with van der Waals surface area (Å²) in [5.74, 6) is -5.50. The quantitative estimate of drug-likeness (QED) is 0.306. The smallest absolute Gasteiger partial charge is 0.318 e. The molecule has 6 heteroatoms. The number of hydrogen-bond acceptors (Lipinski definition) is 4. The minimum absolute atomic E-state index is 0.131. The summed E-state index contributed by atoms with van der Waals surface area (Å²) in [7, 11) is 0. The molecule has 6 nitrogen and oxygen atoms in total. The summed E-state index contributed by atoms with van der Waals surface area (Å²) in [6, 6.07) is 6.98. The summed E-state index contributed by atoms with van der Waals surface area (Å²) in [4.78, 5) is 25.0. The summed E-state index contributed by atoms with van der Waals surface area (Å²) in [5, 5.41) is 42.9. The van der Waals surface area contributed by atoms with Crippen molar-refractivity contribution in [3.05, 3.63) is 57.6 Å². The Kier molecular flexibility index (Phi) is 8.16. The molecule has 0 aliphatic rings. The predicted molar refractivity (Wildman–Crippen MR) is 152 cm³/mol. The number of phenols is 2. The van der Waals surface area contributed by atoms with E-state index in [0.29, 0.717) is 33.4 Å². The van der Waals surface area contributed by atoms with Gasteiger partial charge in [-0.05, 0) is 55.0 Å². The first-order chi connectivity index (χ1) is 16.9. The van der Waals surface area contributed by atoms with Crippen LogP contribution in [0.4, 0.5) is 0 Å². The number of phenolic OH excluding ortho intramolecular Hbond substituents is 2. The highest BCUT2D eigenvalue weighted by Gasteiger charge is 2.40. The van der Waals surface area contributed by atoms with E-state index in [1.165, 1.54) is 0 Å². The van der Waals surface area contributed by atoms with E-state index in [4.69, 9.17) is 0 Å². The topological polar surface area (TPSA) is 115 Å². The Morgan fingerprint density at radius 3 is 0.895 bits per heavy atom. The van der Waals surface area contributed by atoms with Gasteiger partial charge in [-0.25, -0.2) is 0 Å². The van der Waals surface area contributed by atoms with Gasteiger partial charge >= 0.3 is 11.9 Å². The Hall–Kier alpha value is -3.02. The fourth-order valence-corrected chi connectivity index (χ4v) is 4.93. The number of carboxylic acids is 2. The van der Waals surface area contributed by atoms with Crippen molar-refractivity contribution >= 4 is 11.9 Å². The van der Waals surface area contributed by atoms with Crippen LogP contribution >= 0.6 is 0 Å². The third kappa shape index (κ3) is 6.33. The van der Waals surface area contributed by atoms with Crippen LogP contribution in [-0.4, -0.2) is 32.4 Å². The Balaban J connectivity index is 3.18. The molecular weight excluding hydrogens is 480 g/mol. The summed E-state index contributed by atoms with van der Waals surface area (Å²) in [6.07, 6.45) is 0. The van der Waals surface area contributed by atoms with Crippen LogP contribution in [0.1, 0.15) is 122 Å². The predicted octanol–water partition coefficient (Wildman–Crippen LogP) is 7.21. The van der Waals surface area contributed by atoms with Crippen LogP contribution in [0, 0.1) is 5.92 Å². The number of hydrogen-bond donors (Lipinski definition) is 4. The summed E-state index contributed by atoms with van der Waals surface area (Å²) < 4.78 is 0. The van der Waals surface area contributed by atoms with Crippen molar-refractivity contribution in [2.45, 2.75) is 111 Å². The van der Waals surface area contributed by atoms with E-state index in [9.17, 15) is 30.0 Å². The van der Waals surface area contributed by atoms with Crippen LogP contribution in [-0.2, 0) is 31.2 Å². The second-order valence-corrected chi connectivity index (χ2v) is 14.6. The zero-order valence-electron chi connectivity index (χ0n) is 25.1. The molecule has 2 rings (SSSR count). The van der Waals surface area contributed by atoms with Crippen molar-refractivity contribution < 1.29 is 30.0 Å². The maximum atomic E-state index is 12.5. The van der Waals surface area contributed by atoms with Gasteiger partial charge in [-0.1, -0.05) is 107 Å². The first-order valence-corrected chi connectivity index (χ1v) is 13.1. The second-order valence-electron chi connectivity index (χ2n) is 14.6. The molecule has 4 N–H and O–H groups in total. The molecule has 0 spiro atoms. The van der Waals surface area contributed by atoms with E-state index in [1.54, 1.807) is 24.3 Å². The van der Waals surface area contributed by atoms with Crippen LogP contribution in [0.3, 0.4) is 0 Å². The molecule has 2 aromatic rings. The van der Waals surface area contributed by atoms with E-state index in [0.717, 1.165) is 0 Å². The van der Waals surface area contributed by atoms with E-state index >= 15 is 0 Å². The zero-order chi connectivity index (χ0) is 29.8. The maximum Gasteiger partial charge on any atom is 0.318 e. The number of aromatic hydroxyl groups is 2. The lowest BCUT2D eigenvalue weighted by molar-refractivity contribution is -0.155. The van der Waals surface area contributed by atoms with Gasteiger partial charge in [-0.2, -0.15) is 0 Å². The molecule has 0 heterocycles. The largest absolute Gasteiger partial charge is 0.507 e. The average Bonchev–Trinajstić information content (AvgIpc) is 2.68. The summed E-state index contributed by atoms with van der Waals surface area (Å²) in [6.45, 7) is 23.4. The maximum absolute atomic E-state index is 12.5. The molecule has 210 valence electrons. The summed E-state index contributed by atoms with van der Waals surface area (Å²) >= 11 is 0. The molecule has 0 amide bonds. The first kappa shape index (κ1) is 31.2. The van der Waals surface area contributed by atoms with Crippen molar-refractivity contribution in [1.82, 2.24) is 0 Å². The number of carbonyl (C=O) groups is 2. The van der Waals surface area contributed by atoms with Crippen molar-refractivity contribution in [3.8, 4) is 11.5 Å². The molecule has 0 saturated heterocycles. The van der Waals surface area contributed by atoms with Gasteiger partial charge in [0.05, 0.1) is 0 Å². The minimum atomic E-state index is -1.79. The molecule has 0 radical (unpaired) electrons. The molecular formula is C32H46O6. The highest BCUT2D eigenvalue weighted by atomic mass is 16.4. The minimum Gasteiger partial charge on any atom is -0.507 e. The highest BCUT2D eigenvalue weighted by molar-refractivity contribution is 5.95. The van der Waals surface area contributed by atoms with Crippen molar-refractivity contribution in [1.29, 1.82) is 0 Å². The van der Waals surface area contributed by atoms with Crippen LogP contribution in [0.25, 0.3) is 0 Å². The van der Waals surface area contributed by atoms with Gasteiger partial charge in [-0.3, -0.25) is 9.59 Å². The molecule has 38 heavy (non-hydrogen) atoms. The third-order valence-electron chi connectivity index (χ3n) is 7.08. The van der Waals surface area contributed by atoms with Gasteiger partial charge in [0.2, 0.25) is 0 Å². The standard InChI is InChI=1S/C32H46O6/c1-29(2,3)19-13-17(14-20(25(19)33)30(4,5)6)23(24(27(35)36)28(37)38)18-15-21(31(7,8)9)26(34)22(16-18)32(10,11)12/h13-16,23-24,33-34H,1-12H3,(H,35,36)(H,37,38). The normalized spacial score (nSPS) is 13.3. The number of rotatable bonds is 5. The van der Waals surface area contributed by atoms with Crippen LogP contribution in [0.15, 0.2) is 24.3 Å². The van der Waals surface area contributed by atoms with Crippen molar-refractivity contribution in [2.24, 2.45) is 5.92 Å². The van der Waals surface area contributed by atoms with Gasteiger partial charge in [0, 0.05) is 5.92 Å². The fourth-order valence-electron chi connectivity index (χ4n) is 4.93. The van der Waals surface area contributed by atoms with Crippen LogP contribution in [0.2, 0.25) is 0 Å². The average molecular weight is 527 g/mol. The van der Waals surface area contributed by atoms with Gasteiger partial charge in [0.25, 0.3) is 0 Å². The lowest BCUT2D eigenvalue weighted by Crippen LogP contribution is -2.32. The SMILES string of the molecule is CC(C)(C)c1cc(C(c2cc(C(C)(C)C)c(O)c(C(C)(C)C)c2)C(C(=O)O)C(=O)O)cc(C(C)(C)C)c1O.